The Morgan fingerprint density at radius 3 is 2.38 bits per heavy atom. The number of aromatic nitrogens is 2. The van der Waals surface area contributed by atoms with Crippen LogP contribution in [0.3, 0.4) is 0 Å². The molecule has 0 saturated heterocycles. The van der Waals surface area contributed by atoms with Crippen molar-refractivity contribution in [1.82, 2.24) is 9.97 Å². The minimum absolute atomic E-state index is 0.258. The van der Waals surface area contributed by atoms with Gasteiger partial charge in [-0.15, -0.1) is 0 Å². The zero-order valence-corrected chi connectivity index (χ0v) is 7.34. The highest BCUT2D eigenvalue weighted by atomic mass is 16.1. The number of carbonyl (C=O) groups excluding carboxylic acids is 1. The summed E-state index contributed by atoms with van der Waals surface area (Å²) >= 11 is 0. The smallest absolute Gasteiger partial charge is 0.173 e. The quantitative estimate of drug-likeness (QED) is 0.647. The molecule has 1 heterocycles. The molecule has 4 N–H and O–H groups in total. The van der Waals surface area contributed by atoms with Gasteiger partial charge in [-0.1, -0.05) is 0 Å². The second kappa shape index (κ2) is 4.06. The van der Waals surface area contributed by atoms with E-state index in [0.717, 1.165) is 0 Å². The van der Waals surface area contributed by atoms with E-state index >= 15 is 0 Å². The van der Waals surface area contributed by atoms with E-state index in [9.17, 15) is 4.79 Å². The van der Waals surface area contributed by atoms with Gasteiger partial charge >= 0.3 is 0 Å². The van der Waals surface area contributed by atoms with E-state index in [1.54, 1.807) is 13.0 Å². The predicted molar refractivity (Wildman–Crippen MR) is 47.6 cm³/mol. The van der Waals surface area contributed by atoms with Crippen LogP contribution in [0.1, 0.15) is 18.8 Å². The van der Waals surface area contributed by atoms with Crippen LogP contribution in [0.4, 0.5) is 0 Å². The summed E-state index contributed by atoms with van der Waals surface area (Å²) in [5.74, 6) is 0.0519. The molecule has 5 heteroatoms. The van der Waals surface area contributed by atoms with Crippen LogP contribution in [-0.4, -0.2) is 21.8 Å². The molecule has 0 saturated carbocycles. The third kappa shape index (κ3) is 2.30. The van der Waals surface area contributed by atoms with Crippen molar-refractivity contribution in [3.8, 4) is 0 Å². The largest absolute Gasteiger partial charge is 0.322 e. The van der Waals surface area contributed by atoms with Gasteiger partial charge in [0.15, 0.2) is 11.6 Å². The normalized spacial score (nSPS) is 15.0. The van der Waals surface area contributed by atoms with E-state index in [1.165, 1.54) is 12.4 Å². The molecule has 0 bridgehead atoms. The average molecular weight is 180 g/mol. The number of ketones is 1. The highest BCUT2D eigenvalue weighted by molar-refractivity contribution is 5.88. The predicted octanol–water partition coefficient (Wildman–Crippen LogP) is -0.607. The van der Waals surface area contributed by atoms with Crippen LogP contribution in [0.2, 0.25) is 0 Å². The highest BCUT2D eigenvalue weighted by Gasteiger charge is 2.20. The Bertz CT molecular complexity index is 285. The van der Waals surface area contributed by atoms with Gasteiger partial charge in [-0.05, 0) is 13.0 Å². The Kier molecular flexibility index (Phi) is 3.05. The lowest BCUT2D eigenvalue weighted by molar-refractivity contribution is -0.121. The summed E-state index contributed by atoms with van der Waals surface area (Å²) in [6.45, 7) is 1.59. The summed E-state index contributed by atoms with van der Waals surface area (Å²) in [5.41, 5.74) is 11.0. The van der Waals surface area contributed by atoms with E-state index in [2.05, 4.69) is 9.97 Å². The molecular formula is C8H12N4O. The second-order valence-electron chi connectivity index (χ2n) is 2.78. The molecule has 5 nitrogen and oxygen atoms in total. The van der Waals surface area contributed by atoms with Gasteiger partial charge in [0.05, 0.1) is 6.04 Å². The molecule has 1 rings (SSSR count). The van der Waals surface area contributed by atoms with Crippen LogP contribution in [0.25, 0.3) is 0 Å². The molecule has 1 aromatic heterocycles. The molecule has 1 aromatic rings. The molecule has 0 radical (unpaired) electrons. The Morgan fingerprint density at radius 2 is 1.92 bits per heavy atom. The number of hydrogen-bond acceptors (Lipinski definition) is 5. The van der Waals surface area contributed by atoms with Crippen LogP contribution in [-0.2, 0) is 4.79 Å². The molecule has 0 spiro atoms. The minimum Gasteiger partial charge on any atom is -0.322 e. The number of carbonyl (C=O) groups is 1. The Balaban J connectivity index is 2.80. The molecule has 0 fully saturated rings. The first-order valence-electron chi connectivity index (χ1n) is 3.94. The Hall–Kier alpha value is -1.33. The van der Waals surface area contributed by atoms with Gasteiger partial charge in [0.2, 0.25) is 0 Å². The maximum atomic E-state index is 11.3. The first kappa shape index (κ1) is 9.76. The van der Waals surface area contributed by atoms with E-state index in [4.69, 9.17) is 11.5 Å². The first-order valence-corrected chi connectivity index (χ1v) is 3.94. The van der Waals surface area contributed by atoms with Crippen molar-refractivity contribution in [2.75, 3.05) is 0 Å². The maximum Gasteiger partial charge on any atom is 0.173 e. The van der Waals surface area contributed by atoms with Gasteiger partial charge < -0.3 is 11.5 Å². The second-order valence-corrected chi connectivity index (χ2v) is 2.78. The third-order valence-electron chi connectivity index (χ3n) is 1.62. The Morgan fingerprint density at radius 1 is 1.38 bits per heavy atom. The highest BCUT2D eigenvalue weighted by Crippen LogP contribution is 2.05. The molecule has 70 valence electrons. The van der Waals surface area contributed by atoms with E-state index in [1.807, 2.05) is 0 Å². The topological polar surface area (TPSA) is 94.9 Å². The fourth-order valence-corrected chi connectivity index (χ4v) is 0.882. The van der Waals surface area contributed by atoms with Crippen molar-refractivity contribution in [3.63, 3.8) is 0 Å². The maximum absolute atomic E-state index is 11.3. The Labute approximate surface area is 76.2 Å². The summed E-state index contributed by atoms with van der Waals surface area (Å²) in [4.78, 5) is 19.1. The average Bonchev–Trinajstić information content (AvgIpc) is 2.17. The number of hydrogen-bond donors (Lipinski definition) is 2. The summed E-state index contributed by atoms with van der Waals surface area (Å²) in [6, 6.07) is 0.257. The van der Waals surface area contributed by atoms with Crippen LogP contribution in [0.5, 0.6) is 0 Å². The molecule has 13 heavy (non-hydrogen) atoms. The van der Waals surface area contributed by atoms with Crippen molar-refractivity contribution in [3.05, 3.63) is 24.3 Å². The first-order chi connectivity index (χ1) is 6.13. The summed E-state index contributed by atoms with van der Waals surface area (Å²) in [6.07, 6.45) is 3.08. The molecule has 0 amide bonds. The fourth-order valence-electron chi connectivity index (χ4n) is 0.882. The minimum atomic E-state index is -0.818. The van der Waals surface area contributed by atoms with Crippen LogP contribution < -0.4 is 11.5 Å². The van der Waals surface area contributed by atoms with Crippen molar-refractivity contribution in [2.24, 2.45) is 11.5 Å². The van der Waals surface area contributed by atoms with Crippen molar-refractivity contribution in [2.45, 2.75) is 19.0 Å². The summed E-state index contributed by atoms with van der Waals surface area (Å²) < 4.78 is 0. The van der Waals surface area contributed by atoms with Gasteiger partial charge in [0.25, 0.3) is 0 Å². The van der Waals surface area contributed by atoms with E-state index in [-0.39, 0.29) is 5.78 Å². The third-order valence-corrected chi connectivity index (χ3v) is 1.62. The van der Waals surface area contributed by atoms with E-state index in [0.29, 0.717) is 5.82 Å². The zero-order chi connectivity index (χ0) is 9.84. The van der Waals surface area contributed by atoms with Crippen LogP contribution in [0, 0.1) is 0 Å². The molecule has 2 unspecified atom stereocenters. The zero-order valence-electron chi connectivity index (χ0n) is 7.34. The number of Topliss-reactive ketones (excluding diaryl/α,β-unsaturated/α-hetero) is 1. The summed E-state index contributed by atoms with van der Waals surface area (Å²) in [7, 11) is 0. The van der Waals surface area contributed by atoms with Gasteiger partial charge in [0.1, 0.15) is 6.04 Å². The van der Waals surface area contributed by atoms with Crippen LogP contribution >= 0.6 is 0 Å². The summed E-state index contributed by atoms with van der Waals surface area (Å²) in [5, 5.41) is 0. The number of rotatable bonds is 3. The van der Waals surface area contributed by atoms with Gasteiger partial charge in [-0.2, -0.15) is 0 Å². The molecule has 0 aliphatic heterocycles. The van der Waals surface area contributed by atoms with Gasteiger partial charge in [0, 0.05) is 12.4 Å². The lowest BCUT2D eigenvalue weighted by atomic mass is 10.1. The van der Waals surface area contributed by atoms with Gasteiger partial charge in [-0.25, -0.2) is 9.97 Å². The molecule has 0 aromatic carbocycles. The van der Waals surface area contributed by atoms with Crippen LogP contribution in [0.15, 0.2) is 18.5 Å². The van der Waals surface area contributed by atoms with Crippen molar-refractivity contribution >= 4 is 5.78 Å². The molecular weight excluding hydrogens is 168 g/mol. The standard InChI is InChI=1S/C8H12N4O/c1-5(9)7(13)6(10)8-11-3-2-4-12-8/h2-6H,9-10H2,1H3. The van der Waals surface area contributed by atoms with Gasteiger partial charge in [-0.3, -0.25) is 4.79 Å². The lowest BCUT2D eigenvalue weighted by Gasteiger charge is -2.10. The number of nitrogens with zero attached hydrogens (tertiary/aromatic N) is 2. The molecule has 0 aliphatic rings. The number of nitrogens with two attached hydrogens (primary N) is 2. The SMILES string of the molecule is CC(N)C(=O)C(N)c1ncccn1. The lowest BCUT2D eigenvalue weighted by Crippen LogP contribution is -2.36. The molecule has 2 atom stereocenters. The monoisotopic (exact) mass is 180 g/mol. The fraction of sp³-hybridized carbons (Fsp3) is 0.375. The molecule has 0 aliphatic carbocycles. The van der Waals surface area contributed by atoms with Crippen molar-refractivity contribution < 1.29 is 4.79 Å². The van der Waals surface area contributed by atoms with Crippen molar-refractivity contribution in [1.29, 1.82) is 0 Å². The van der Waals surface area contributed by atoms with E-state index < -0.39 is 12.1 Å².